The zero-order chi connectivity index (χ0) is 17.4. The molecule has 0 bridgehead atoms. The Bertz CT molecular complexity index is 283. The normalized spacial score (nSPS) is 18.3. The van der Waals surface area contributed by atoms with Gasteiger partial charge in [-0.25, -0.2) is 13.2 Å². The fourth-order valence-corrected chi connectivity index (χ4v) is 3.65. The molecule has 0 saturated carbocycles. The molecule has 0 amide bonds. The minimum Gasteiger partial charge on any atom is -0.373 e. The van der Waals surface area contributed by atoms with E-state index in [4.69, 9.17) is 13.3 Å². The molecule has 0 aromatic heterocycles. The van der Waals surface area contributed by atoms with Crippen molar-refractivity contribution in [1.29, 1.82) is 0 Å². The molecule has 134 valence electrons. The van der Waals surface area contributed by atoms with Gasteiger partial charge in [-0.2, -0.15) is 0 Å². The van der Waals surface area contributed by atoms with Crippen molar-refractivity contribution < 1.29 is 26.4 Å². The molecule has 7 heteroatoms. The fraction of sp³-hybridized carbons (Fsp3) is 1.00. The Morgan fingerprint density at radius 3 is 1.59 bits per heavy atom. The summed E-state index contributed by atoms with van der Waals surface area (Å²) >= 11 is 0. The lowest BCUT2D eigenvalue weighted by molar-refractivity contribution is -0.00553. The smallest absolute Gasteiger partial charge is 0.373 e. The van der Waals surface area contributed by atoms with Crippen LogP contribution in [0.4, 0.5) is 13.2 Å². The molecule has 0 aromatic rings. The standard InChI is InChI=1S/C15H31F3O3Si/c1-9(2)19-22(20-10(3)4)21-13(7)12(6)11(5)8-14(16)15(17)18/h9-15,22H,8H2,1-7H3. The summed E-state index contributed by atoms with van der Waals surface area (Å²) < 4.78 is 55.0. The Morgan fingerprint density at radius 2 is 1.23 bits per heavy atom. The molecule has 0 fully saturated rings. The molecule has 0 saturated heterocycles. The van der Waals surface area contributed by atoms with E-state index < -0.39 is 22.1 Å². The van der Waals surface area contributed by atoms with Crippen LogP contribution in [-0.2, 0) is 13.3 Å². The average Bonchev–Trinajstić information content (AvgIpc) is 2.35. The van der Waals surface area contributed by atoms with Crippen LogP contribution in [0.15, 0.2) is 0 Å². The summed E-state index contributed by atoms with van der Waals surface area (Å²) in [5.41, 5.74) is 0. The summed E-state index contributed by atoms with van der Waals surface area (Å²) in [5.74, 6) is -0.287. The van der Waals surface area contributed by atoms with Crippen molar-refractivity contribution >= 4 is 9.53 Å². The molecule has 4 atom stereocenters. The van der Waals surface area contributed by atoms with E-state index in [2.05, 4.69) is 0 Å². The van der Waals surface area contributed by atoms with Crippen molar-refractivity contribution in [2.24, 2.45) is 11.8 Å². The molecular weight excluding hydrogens is 313 g/mol. The maximum absolute atomic E-state index is 13.2. The van der Waals surface area contributed by atoms with Gasteiger partial charge < -0.3 is 13.3 Å². The van der Waals surface area contributed by atoms with Gasteiger partial charge in [-0.3, -0.25) is 0 Å². The van der Waals surface area contributed by atoms with Gasteiger partial charge in [0.2, 0.25) is 0 Å². The molecule has 0 heterocycles. The van der Waals surface area contributed by atoms with Crippen LogP contribution >= 0.6 is 0 Å². The van der Waals surface area contributed by atoms with Crippen LogP contribution in [0.5, 0.6) is 0 Å². The van der Waals surface area contributed by atoms with Crippen LogP contribution in [0.1, 0.15) is 54.9 Å². The van der Waals surface area contributed by atoms with E-state index in [1.165, 1.54) is 0 Å². The van der Waals surface area contributed by atoms with Crippen LogP contribution in [0, 0.1) is 11.8 Å². The monoisotopic (exact) mass is 344 g/mol. The predicted molar refractivity (Wildman–Crippen MR) is 84.0 cm³/mol. The Balaban J connectivity index is 4.53. The van der Waals surface area contributed by atoms with Gasteiger partial charge in [-0.05, 0) is 52.9 Å². The van der Waals surface area contributed by atoms with Crippen LogP contribution in [0.2, 0.25) is 0 Å². The first kappa shape index (κ1) is 21.9. The summed E-state index contributed by atoms with van der Waals surface area (Å²) in [6.07, 6.45) is -5.45. The molecule has 0 aliphatic rings. The molecule has 0 aliphatic heterocycles. The lowest BCUT2D eigenvalue weighted by Crippen LogP contribution is -2.39. The molecule has 4 unspecified atom stereocenters. The van der Waals surface area contributed by atoms with E-state index >= 15 is 0 Å². The van der Waals surface area contributed by atoms with E-state index in [1.807, 2.05) is 41.5 Å². The Kier molecular flexibility index (Phi) is 10.6. The third-order valence-electron chi connectivity index (χ3n) is 3.60. The van der Waals surface area contributed by atoms with Crippen LogP contribution < -0.4 is 0 Å². The SMILES string of the molecule is CC(C)O[SiH](OC(C)C)OC(C)C(C)C(C)CC(F)C(F)F. The largest absolute Gasteiger partial charge is 0.484 e. The molecule has 0 rings (SSSR count). The highest BCUT2D eigenvalue weighted by Gasteiger charge is 2.30. The van der Waals surface area contributed by atoms with Gasteiger partial charge >= 0.3 is 9.53 Å². The third kappa shape index (κ3) is 9.12. The van der Waals surface area contributed by atoms with Gasteiger partial charge in [0.15, 0.2) is 6.17 Å². The van der Waals surface area contributed by atoms with E-state index in [0.717, 1.165) is 0 Å². The minimum absolute atomic E-state index is 0.00981. The van der Waals surface area contributed by atoms with Gasteiger partial charge in [0.1, 0.15) is 0 Å². The molecule has 22 heavy (non-hydrogen) atoms. The molecule has 0 spiro atoms. The van der Waals surface area contributed by atoms with Crippen molar-refractivity contribution in [1.82, 2.24) is 0 Å². The van der Waals surface area contributed by atoms with E-state index in [9.17, 15) is 13.2 Å². The summed E-state index contributed by atoms with van der Waals surface area (Å²) in [6.45, 7) is 13.1. The first-order chi connectivity index (χ1) is 10.0. The first-order valence-corrected chi connectivity index (χ1v) is 9.34. The maximum Gasteiger partial charge on any atom is 0.484 e. The van der Waals surface area contributed by atoms with Crippen LogP contribution in [0.25, 0.3) is 0 Å². The molecule has 0 aromatic carbocycles. The molecular formula is C15H31F3O3Si. The fourth-order valence-electron chi connectivity index (χ4n) is 1.98. The van der Waals surface area contributed by atoms with E-state index in [1.54, 1.807) is 6.92 Å². The van der Waals surface area contributed by atoms with Crippen molar-refractivity contribution in [3.8, 4) is 0 Å². The van der Waals surface area contributed by atoms with E-state index in [-0.39, 0.29) is 36.6 Å². The Hall–Kier alpha value is -0.113. The highest BCUT2D eigenvalue weighted by atomic mass is 28.3. The van der Waals surface area contributed by atoms with Gasteiger partial charge in [-0.15, -0.1) is 0 Å². The highest BCUT2D eigenvalue weighted by molar-refractivity contribution is 6.36. The van der Waals surface area contributed by atoms with Crippen molar-refractivity contribution in [2.45, 2.75) is 85.8 Å². The van der Waals surface area contributed by atoms with Gasteiger partial charge in [0.25, 0.3) is 6.43 Å². The first-order valence-electron chi connectivity index (χ1n) is 7.93. The maximum atomic E-state index is 13.2. The number of alkyl halides is 3. The van der Waals surface area contributed by atoms with Crippen molar-refractivity contribution in [3.05, 3.63) is 0 Å². The zero-order valence-electron chi connectivity index (χ0n) is 14.7. The molecule has 0 aliphatic carbocycles. The summed E-state index contributed by atoms with van der Waals surface area (Å²) in [5, 5.41) is 0. The molecule has 0 radical (unpaired) electrons. The van der Waals surface area contributed by atoms with Crippen molar-refractivity contribution in [3.63, 3.8) is 0 Å². The quantitative estimate of drug-likeness (QED) is 0.525. The summed E-state index contributed by atoms with van der Waals surface area (Å²) in [6, 6.07) is 0. The second kappa shape index (κ2) is 10.6. The number of halogens is 3. The lowest BCUT2D eigenvalue weighted by Gasteiger charge is -2.30. The van der Waals surface area contributed by atoms with Crippen LogP contribution in [0.3, 0.4) is 0 Å². The molecule has 3 nitrogen and oxygen atoms in total. The highest BCUT2D eigenvalue weighted by Crippen LogP contribution is 2.26. The second-order valence-corrected chi connectivity index (χ2v) is 7.82. The van der Waals surface area contributed by atoms with Crippen LogP contribution in [-0.4, -0.2) is 40.4 Å². The minimum atomic E-state index is -2.93. The summed E-state index contributed by atoms with van der Waals surface area (Å²) in [4.78, 5) is 0. The van der Waals surface area contributed by atoms with Crippen molar-refractivity contribution in [2.75, 3.05) is 0 Å². The summed E-state index contributed by atoms with van der Waals surface area (Å²) in [7, 11) is -2.30. The van der Waals surface area contributed by atoms with Gasteiger partial charge in [0, 0.05) is 18.3 Å². The second-order valence-electron chi connectivity index (χ2n) is 6.42. The average molecular weight is 344 g/mol. The molecule has 0 N–H and O–H groups in total. The Morgan fingerprint density at radius 1 is 0.773 bits per heavy atom. The number of hydrogen-bond acceptors (Lipinski definition) is 3. The number of rotatable bonds is 11. The third-order valence-corrected chi connectivity index (χ3v) is 5.79. The lowest BCUT2D eigenvalue weighted by atomic mass is 9.87. The predicted octanol–water partition coefficient (Wildman–Crippen LogP) is 4.22. The van der Waals surface area contributed by atoms with Gasteiger partial charge in [-0.1, -0.05) is 13.8 Å². The van der Waals surface area contributed by atoms with E-state index in [0.29, 0.717) is 0 Å². The number of hydrogen-bond donors (Lipinski definition) is 0. The zero-order valence-corrected chi connectivity index (χ0v) is 15.8. The Labute approximate surface area is 134 Å². The van der Waals surface area contributed by atoms with Gasteiger partial charge in [0.05, 0.1) is 0 Å². The topological polar surface area (TPSA) is 27.7 Å².